The van der Waals surface area contributed by atoms with Crippen LogP contribution in [0.25, 0.3) is 0 Å². The van der Waals surface area contributed by atoms with E-state index in [1.165, 1.54) is 4.68 Å². The van der Waals surface area contributed by atoms with E-state index >= 15 is 0 Å². The van der Waals surface area contributed by atoms with Gasteiger partial charge in [0.25, 0.3) is 0 Å². The maximum atomic E-state index is 12.7. The van der Waals surface area contributed by atoms with E-state index < -0.39 is 17.9 Å². The van der Waals surface area contributed by atoms with E-state index in [4.69, 9.17) is 11.6 Å². The van der Waals surface area contributed by atoms with Gasteiger partial charge in [-0.3, -0.25) is 4.68 Å². The first-order valence-corrected chi connectivity index (χ1v) is 7.95. The van der Waals surface area contributed by atoms with E-state index in [-0.39, 0.29) is 12.5 Å². The number of amides is 2. The lowest BCUT2D eigenvalue weighted by atomic mass is 10.2. The van der Waals surface area contributed by atoms with E-state index in [0.717, 1.165) is 6.07 Å². The van der Waals surface area contributed by atoms with Gasteiger partial charge in [-0.15, -0.1) is 0 Å². The molecule has 1 aromatic carbocycles. The second-order valence-electron chi connectivity index (χ2n) is 5.80. The van der Waals surface area contributed by atoms with Crippen molar-refractivity contribution in [3.8, 4) is 0 Å². The van der Waals surface area contributed by atoms with Crippen molar-refractivity contribution in [1.29, 1.82) is 0 Å². The van der Waals surface area contributed by atoms with Crippen LogP contribution in [0.2, 0.25) is 5.02 Å². The number of aromatic nitrogens is 2. The number of urea groups is 1. The van der Waals surface area contributed by atoms with Crippen molar-refractivity contribution in [3.63, 3.8) is 0 Å². The van der Waals surface area contributed by atoms with Gasteiger partial charge < -0.3 is 10.6 Å². The predicted octanol–water partition coefficient (Wildman–Crippen LogP) is 4.32. The molecule has 0 saturated heterocycles. The quantitative estimate of drug-likeness (QED) is 0.818. The minimum atomic E-state index is -4.46. The Kier molecular flexibility index (Phi) is 5.94. The highest BCUT2D eigenvalue weighted by molar-refractivity contribution is 6.30. The molecule has 2 rings (SSSR count). The summed E-state index contributed by atoms with van der Waals surface area (Å²) in [6, 6.07) is 7.24. The number of alkyl halides is 3. The molecule has 1 atom stereocenters. The van der Waals surface area contributed by atoms with Gasteiger partial charge in [-0.1, -0.05) is 18.5 Å². The molecule has 2 amide bonds. The lowest BCUT2D eigenvalue weighted by molar-refractivity contribution is -0.141. The zero-order chi connectivity index (χ0) is 18.6. The van der Waals surface area contributed by atoms with Crippen LogP contribution in [0, 0.1) is 12.8 Å². The highest BCUT2D eigenvalue weighted by atomic mass is 35.5. The Morgan fingerprint density at radius 3 is 2.52 bits per heavy atom. The van der Waals surface area contributed by atoms with Crippen LogP contribution in [0.4, 0.5) is 23.7 Å². The average Bonchev–Trinajstić information content (AvgIpc) is 2.89. The number of aryl methyl sites for hydroxylation is 1. The van der Waals surface area contributed by atoms with E-state index in [0.29, 0.717) is 22.9 Å². The summed E-state index contributed by atoms with van der Waals surface area (Å²) in [5, 5.41) is 9.46. The Hall–Kier alpha value is -2.22. The maximum Gasteiger partial charge on any atom is 0.435 e. The molecule has 0 aliphatic carbocycles. The fraction of sp³-hybridized carbons (Fsp3) is 0.375. The molecule has 0 spiro atoms. The van der Waals surface area contributed by atoms with Crippen LogP contribution < -0.4 is 10.6 Å². The third-order valence-corrected chi connectivity index (χ3v) is 3.72. The average molecular weight is 375 g/mol. The van der Waals surface area contributed by atoms with Crippen LogP contribution in [-0.4, -0.2) is 22.4 Å². The van der Waals surface area contributed by atoms with Gasteiger partial charge in [0, 0.05) is 29.5 Å². The summed E-state index contributed by atoms with van der Waals surface area (Å²) in [5.41, 5.74) is 0.0997. The Labute approximate surface area is 148 Å². The van der Waals surface area contributed by atoms with Crippen molar-refractivity contribution in [3.05, 3.63) is 46.7 Å². The van der Waals surface area contributed by atoms with Gasteiger partial charge in [-0.05, 0) is 43.2 Å². The third kappa shape index (κ3) is 5.67. The Balaban J connectivity index is 1.84. The molecule has 0 radical (unpaired) electrons. The van der Waals surface area contributed by atoms with Crippen LogP contribution in [0.15, 0.2) is 30.3 Å². The lowest BCUT2D eigenvalue weighted by Gasteiger charge is -2.14. The van der Waals surface area contributed by atoms with Gasteiger partial charge in [0.1, 0.15) is 0 Å². The first kappa shape index (κ1) is 19.1. The van der Waals surface area contributed by atoms with Crippen molar-refractivity contribution in [2.75, 3.05) is 11.9 Å². The summed E-state index contributed by atoms with van der Waals surface area (Å²) in [6.07, 6.45) is -4.46. The second-order valence-corrected chi connectivity index (χ2v) is 6.23. The molecule has 2 N–H and O–H groups in total. The minimum Gasteiger partial charge on any atom is -0.338 e. The lowest BCUT2D eigenvalue weighted by Crippen LogP contribution is -2.33. The number of anilines is 1. The van der Waals surface area contributed by atoms with Crippen LogP contribution in [0.3, 0.4) is 0 Å². The zero-order valence-electron chi connectivity index (χ0n) is 13.7. The molecule has 0 fully saturated rings. The number of hydrogen-bond donors (Lipinski definition) is 2. The number of carbonyl (C=O) groups is 1. The Morgan fingerprint density at radius 1 is 1.32 bits per heavy atom. The molecule has 0 aliphatic rings. The fourth-order valence-electron chi connectivity index (χ4n) is 2.17. The van der Waals surface area contributed by atoms with Gasteiger partial charge in [-0.2, -0.15) is 18.3 Å². The van der Waals surface area contributed by atoms with Crippen LogP contribution in [0.1, 0.15) is 18.3 Å². The zero-order valence-corrected chi connectivity index (χ0v) is 14.4. The number of rotatable bonds is 5. The Morgan fingerprint density at radius 2 is 1.96 bits per heavy atom. The van der Waals surface area contributed by atoms with Crippen LogP contribution in [0.5, 0.6) is 0 Å². The molecule has 0 unspecified atom stereocenters. The number of benzene rings is 1. The molecule has 0 saturated carbocycles. The van der Waals surface area contributed by atoms with Crippen molar-refractivity contribution >= 4 is 23.3 Å². The number of nitrogens with one attached hydrogen (secondary N) is 2. The normalized spacial score (nSPS) is 12.7. The summed E-state index contributed by atoms with van der Waals surface area (Å²) in [5.74, 6) is -0.101. The fourth-order valence-corrected chi connectivity index (χ4v) is 2.29. The van der Waals surface area contributed by atoms with E-state index in [1.54, 1.807) is 31.2 Å². The van der Waals surface area contributed by atoms with Gasteiger partial charge in [-0.25, -0.2) is 4.79 Å². The first-order chi connectivity index (χ1) is 11.6. The molecule has 0 bridgehead atoms. The van der Waals surface area contributed by atoms with Gasteiger partial charge in [0.05, 0.1) is 0 Å². The number of nitrogens with zero attached hydrogens (tertiary/aromatic N) is 2. The van der Waals surface area contributed by atoms with Crippen molar-refractivity contribution in [2.45, 2.75) is 26.6 Å². The Bertz CT molecular complexity index is 728. The molecule has 0 aliphatic heterocycles. The molecule has 1 aromatic heterocycles. The van der Waals surface area contributed by atoms with Crippen molar-refractivity contribution < 1.29 is 18.0 Å². The molecule has 2 aromatic rings. The molecular formula is C16H18ClF3N4O. The maximum absolute atomic E-state index is 12.7. The highest BCUT2D eigenvalue weighted by Crippen LogP contribution is 2.28. The van der Waals surface area contributed by atoms with Gasteiger partial charge >= 0.3 is 12.2 Å². The molecule has 25 heavy (non-hydrogen) atoms. The highest BCUT2D eigenvalue weighted by Gasteiger charge is 2.34. The molecule has 5 nitrogen and oxygen atoms in total. The summed E-state index contributed by atoms with van der Waals surface area (Å²) in [4.78, 5) is 11.8. The second kappa shape index (κ2) is 7.77. The summed E-state index contributed by atoms with van der Waals surface area (Å²) in [7, 11) is 0. The van der Waals surface area contributed by atoms with Crippen molar-refractivity contribution in [1.82, 2.24) is 15.1 Å². The van der Waals surface area contributed by atoms with E-state index in [2.05, 4.69) is 15.7 Å². The third-order valence-electron chi connectivity index (χ3n) is 3.47. The summed E-state index contributed by atoms with van der Waals surface area (Å²) in [6.45, 7) is 3.94. The first-order valence-electron chi connectivity index (χ1n) is 7.57. The number of halogens is 4. The molecular weight excluding hydrogens is 357 g/mol. The number of carbonyl (C=O) groups excluding carboxylic acids is 1. The van der Waals surface area contributed by atoms with Crippen LogP contribution >= 0.6 is 11.6 Å². The predicted molar refractivity (Wildman–Crippen MR) is 89.6 cm³/mol. The number of hydrogen-bond acceptors (Lipinski definition) is 2. The largest absolute Gasteiger partial charge is 0.435 e. The van der Waals surface area contributed by atoms with E-state index in [9.17, 15) is 18.0 Å². The van der Waals surface area contributed by atoms with Crippen molar-refractivity contribution in [2.24, 2.45) is 5.92 Å². The summed E-state index contributed by atoms with van der Waals surface area (Å²) < 4.78 is 39.3. The minimum absolute atomic E-state index is 0.101. The standard InChI is InChI=1S/C16H18ClF3N4O/c1-10(9-24-11(2)7-14(23-24)16(18,19)20)8-21-15(25)22-13-5-3-12(17)4-6-13/h3-7,10H,8-9H2,1-2H3,(H2,21,22,25)/t10-/m1/s1. The topological polar surface area (TPSA) is 59.0 Å². The molecule has 9 heteroatoms. The SMILES string of the molecule is Cc1cc(C(F)(F)F)nn1C[C@H](C)CNC(=O)Nc1ccc(Cl)cc1. The molecule has 1 heterocycles. The summed E-state index contributed by atoms with van der Waals surface area (Å²) >= 11 is 5.76. The van der Waals surface area contributed by atoms with Gasteiger partial charge in [0.2, 0.25) is 0 Å². The van der Waals surface area contributed by atoms with E-state index in [1.807, 2.05) is 6.92 Å². The van der Waals surface area contributed by atoms with Crippen LogP contribution in [-0.2, 0) is 12.7 Å². The van der Waals surface area contributed by atoms with Gasteiger partial charge in [0.15, 0.2) is 5.69 Å². The molecule has 136 valence electrons. The monoisotopic (exact) mass is 374 g/mol. The smallest absolute Gasteiger partial charge is 0.338 e.